The van der Waals surface area contributed by atoms with Crippen molar-refractivity contribution in [1.82, 2.24) is 20.9 Å². The Balaban J connectivity index is 1.19. The highest BCUT2D eigenvalue weighted by atomic mass is 16.6. The number of carboxylic acid groups (broad SMARTS) is 1. The van der Waals surface area contributed by atoms with Crippen LogP contribution in [0.15, 0.2) is 0 Å². The van der Waals surface area contributed by atoms with E-state index in [4.69, 9.17) is 72.4 Å². The quantitative estimate of drug-likeness (QED) is 0.0223. The molecule has 0 saturated carbocycles. The summed E-state index contributed by atoms with van der Waals surface area (Å²) >= 11 is 0. The zero-order chi connectivity index (χ0) is 56.0. The monoisotopic (exact) mass is 1120 g/mol. The third-order valence-electron chi connectivity index (χ3n) is 11.4. The number of aliphatic hydroxyl groups is 3. The van der Waals surface area contributed by atoms with Crippen molar-refractivity contribution in [2.75, 3.05) is 178 Å². The fourth-order valence-electron chi connectivity index (χ4n) is 7.16. The van der Waals surface area contributed by atoms with Gasteiger partial charge in [0.15, 0.2) is 6.10 Å². The van der Waals surface area contributed by atoms with Crippen LogP contribution in [0.5, 0.6) is 0 Å². The van der Waals surface area contributed by atoms with Gasteiger partial charge in [-0.3, -0.25) is 34.2 Å². The van der Waals surface area contributed by atoms with Gasteiger partial charge in [0.25, 0.3) is 0 Å². The molecular formula is C49H89N5O23. The molecule has 0 aromatic carbocycles. The predicted molar refractivity (Wildman–Crippen MR) is 269 cm³/mol. The van der Waals surface area contributed by atoms with E-state index in [2.05, 4.69) is 16.0 Å². The zero-order valence-electron chi connectivity index (χ0n) is 44.7. The van der Waals surface area contributed by atoms with E-state index in [0.717, 1.165) is 0 Å². The van der Waals surface area contributed by atoms with Crippen molar-refractivity contribution in [2.45, 2.75) is 101 Å². The van der Waals surface area contributed by atoms with E-state index in [1.807, 2.05) is 0 Å². The minimum atomic E-state index is -1.74. The number of rotatable bonds is 54. The summed E-state index contributed by atoms with van der Waals surface area (Å²) in [4.78, 5) is 72.0. The second-order valence-electron chi connectivity index (χ2n) is 17.5. The summed E-state index contributed by atoms with van der Waals surface area (Å²) in [5.74, 6) is -2.80. The molecular weight excluding hydrogens is 1030 g/mol. The van der Waals surface area contributed by atoms with Crippen molar-refractivity contribution in [3.05, 3.63) is 0 Å². The Morgan fingerprint density at radius 1 is 0.506 bits per heavy atom. The fraction of sp³-hybridized carbons (Fsp3) is 0.878. The molecule has 448 valence electrons. The van der Waals surface area contributed by atoms with Gasteiger partial charge in [-0.25, -0.2) is 4.79 Å². The van der Waals surface area contributed by atoms with E-state index in [-0.39, 0.29) is 69.1 Å². The summed E-state index contributed by atoms with van der Waals surface area (Å²) < 4.78 is 70.8. The summed E-state index contributed by atoms with van der Waals surface area (Å²) in [5, 5.41) is 46.8. The smallest absolute Gasteiger partial charge is 0.335 e. The summed E-state index contributed by atoms with van der Waals surface area (Å²) in [6, 6.07) is -0.795. The van der Waals surface area contributed by atoms with Crippen molar-refractivity contribution in [2.24, 2.45) is 5.73 Å². The van der Waals surface area contributed by atoms with E-state index < -0.39 is 48.6 Å². The van der Waals surface area contributed by atoms with Crippen LogP contribution in [0.3, 0.4) is 0 Å². The molecule has 0 radical (unpaired) electrons. The number of nitrogens with one attached hydrogen (secondary N) is 3. The first-order valence-electron chi connectivity index (χ1n) is 26.7. The Hall–Kier alpha value is -3.66. The first-order valence-corrected chi connectivity index (χ1v) is 26.7. The van der Waals surface area contributed by atoms with Crippen molar-refractivity contribution in [1.29, 1.82) is 0 Å². The number of nitrogens with two attached hydrogens (primary N) is 1. The summed E-state index contributed by atoms with van der Waals surface area (Å²) in [6.45, 7) is 10.4. The summed E-state index contributed by atoms with van der Waals surface area (Å²) in [6.07, 6.45) is -3.40. The first-order chi connectivity index (χ1) is 37.4. The normalized spacial score (nSPS) is 19.0. The molecule has 2 heterocycles. The Kier molecular flexibility index (Phi) is 42.5. The fourth-order valence-corrected chi connectivity index (χ4v) is 7.16. The number of imide groups is 1. The van der Waals surface area contributed by atoms with Crippen LogP contribution in [0.25, 0.3) is 0 Å². The highest BCUT2D eigenvalue weighted by Gasteiger charge is 2.46. The molecule has 0 bridgehead atoms. The lowest BCUT2D eigenvalue weighted by Crippen LogP contribution is -2.63. The van der Waals surface area contributed by atoms with Gasteiger partial charge < -0.3 is 98.4 Å². The Labute approximate surface area is 451 Å². The van der Waals surface area contributed by atoms with Crippen molar-refractivity contribution >= 4 is 35.5 Å². The number of aliphatic carboxylic acids is 1. The number of aliphatic hydroxyl groups excluding tert-OH is 3. The standard InChI is InChI=1S/C49H89N5O23/c50-47(62)38(53-40(56)7-2-1-5-13-54-41(57)8-9-42(54)58)6-3-4-11-51-39(55)10-14-65-16-18-67-20-22-69-24-26-71-28-30-73-32-34-75-36-37-76-35-33-74-31-29-72-27-25-70-23-21-68-19-17-66-15-12-52-48-45(61)43(59)44(60)46(77-48)49(63)64/h38,43-46,48,52,59-61H,1-37H2,(H2,50,62)(H,51,55)(H,53,56)(H,63,64)/t38-,43-,44-,45+,46-,48?/m0/s1. The van der Waals surface area contributed by atoms with Gasteiger partial charge in [0.2, 0.25) is 29.5 Å². The number of ether oxygens (including phenoxy) is 13. The van der Waals surface area contributed by atoms with Crippen LogP contribution in [0, 0.1) is 0 Å². The van der Waals surface area contributed by atoms with Gasteiger partial charge in [0.1, 0.15) is 30.6 Å². The number of nitrogens with zero attached hydrogens (tertiary/aromatic N) is 1. The van der Waals surface area contributed by atoms with Crippen LogP contribution < -0.4 is 21.7 Å². The number of hydrogen-bond acceptors (Lipinski definition) is 23. The van der Waals surface area contributed by atoms with E-state index in [1.165, 1.54) is 4.90 Å². The molecule has 9 N–H and O–H groups in total. The number of primary amides is 1. The van der Waals surface area contributed by atoms with Gasteiger partial charge in [0, 0.05) is 45.3 Å². The lowest BCUT2D eigenvalue weighted by atomic mass is 9.98. The minimum absolute atomic E-state index is 0.149. The number of amides is 5. The highest BCUT2D eigenvalue weighted by Crippen LogP contribution is 2.20. The van der Waals surface area contributed by atoms with Crippen LogP contribution in [0.2, 0.25) is 0 Å². The number of carbonyl (C=O) groups is 6. The molecule has 28 heteroatoms. The molecule has 28 nitrogen and oxygen atoms in total. The lowest BCUT2D eigenvalue weighted by molar-refractivity contribution is -0.234. The maximum atomic E-state index is 12.3. The zero-order valence-corrected chi connectivity index (χ0v) is 44.7. The van der Waals surface area contributed by atoms with Crippen molar-refractivity contribution in [3.8, 4) is 0 Å². The van der Waals surface area contributed by atoms with Gasteiger partial charge in [0.05, 0.1) is 159 Å². The van der Waals surface area contributed by atoms with E-state index in [9.17, 15) is 44.1 Å². The van der Waals surface area contributed by atoms with Gasteiger partial charge in [-0.15, -0.1) is 0 Å². The van der Waals surface area contributed by atoms with Crippen molar-refractivity contribution < 1.29 is 111 Å². The Bertz CT molecular complexity index is 1540. The van der Waals surface area contributed by atoms with Crippen molar-refractivity contribution in [3.63, 3.8) is 0 Å². The molecule has 2 aliphatic rings. The molecule has 2 saturated heterocycles. The van der Waals surface area contributed by atoms with Crippen LogP contribution >= 0.6 is 0 Å². The van der Waals surface area contributed by atoms with Gasteiger partial charge in [-0.1, -0.05) is 6.42 Å². The maximum absolute atomic E-state index is 12.3. The second kappa shape index (κ2) is 47.2. The lowest BCUT2D eigenvalue weighted by Gasteiger charge is -2.39. The van der Waals surface area contributed by atoms with Crippen LogP contribution in [0.4, 0.5) is 0 Å². The molecule has 0 aromatic rings. The number of hydrogen-bond donors (Lipinski definition) is 8. The summed E-state index contributed by atoms with van der Waals surface area (Å²) in [5.41, 5.74) is 5.47. The first kappa shape index (κ1) is 69.4. The SMILES string of the molecule is NC(=O)[C@H](CCCCNC(=O)CCOCCOCCOCCOCCOCCOCCOCCOCCOCCOCCOCCOCCNC1O[C@H](C(=O)O)[C@@H](O)[C@H](O)[C@H]1O)NC(=O)CCCCCN1C(=O)CCC1=O. The van der Waals surface area contributed by atoms with Gasteiger partial charge >= 0.3 is 5.97 Å². The van der Waals surface area contributed by atoms with Gasteiger partial charge in [-0.2, -0.15) is 0 Å². The number of unbranched alkanes of at least 4 members (excludes halogenated alkanes) is 3. The second-order valence-corrected chi connectivity index (χ2v) is 17.5. The minimum Gasteiger partial charge on any atom is -0.479 e. The molecule has 6 atom stereocenters. The number of carboxylic acids is 1. The largest absolute Gasteiger partial charge is 0.479 e. The highest BCUT2D eigenvalue weighted by molar-refractivity contribution is 6.01. The molecule has 2 aliphatic heterocycles. The topological polar surface area (TPSA) is 369 Å². The molecule has 0 aliphatic carbocycles. The van der Waals surface area contributed by atoms with E-state index >= 15 is 0 Å². The summed E-state index contributed by atoms with van der Waals surface area (Å²) in [7, 11) is 0. The van der Waals surface area contributed by atoms with Crippen LogP contribution in [-0.4, -0.2) is 276 Å². The molecule has 0 spiro atoms. The van der Waals surface area contributed by atoms with E-state index in [0.29, 0.717) is 197 Å². The maximum Gasteiger partial charge on any atom is 0.335 e. The van der Waals surface area contributed by atoms with E-state index in [1.54, 1.807) is 0 Å². The van der Waals surface area contributed by atoms with Gasteiger partial charge in [-0.05, 0) is 32.1 Å². The molecule has 77 heavy (non-hydrogen) atoms. The molecule has 2 rings (SSSR count). The average Bonchev–Trinajstić information content (AvgIpc) is 3.73. The molecule has 2 fully saturated rings. The molecule has 1 unspecified atom stereocenters. The average molecular weight is 1120 g/mol. The van der Waals surface area contributed by atoms with Crippen LogP contribution in [-0.2, 0) is 90.3 Å². The van der Waals surface area contributed by atoms with Crippen LogP contribution in [0.1, 0.15) is 64.2 Å². The predicted octanol–water partition coefficient (Wildman–Crippen LogP) is -2.98. The third kappa shape index (κ3) is 36.3. The molecule has 5 amide bonds. The Morgan fingerprint density at radius 3 is 1.34 bits per heavy atom. The number of likely N-dealkylation sites (tertiary alicyclic amines) is 1. The third-order valence-corrected chi connectivity index (χ3v) is 11.4. The molecule has 0 aromatic heterocycles. The number of carbonyl (C=O) groups excluding carboxylic acids is 5. The Morgan fingerprint density at radius 2 is 0.922 bits per heavy atom.